The zero-order valence-electron chi connectivity index (χ0n) is 19.9. The number of fused-ring (bicyclic) bond motifs is 4. The highest BCUT2D eigenvalue weighted by Gasteiger charge is 2.34. The molecule has 33 heavy (non-hydrogen) atoms. The molecule has 0 unspecified atom stereocenters. The third-order valence-electron chi connectivity index (χ3n) is 6.70. The lowest BCUT2D eigenvalue weighted by molar-refractivity contribution is -0.664. The Labute approximate surface area is 194 Å². The molecule has 0 saturated heterocycles. The van der Waals surface area contributed by atoms with Crippen molar-refractivity contribution in [1.82, 2.24) is 4.57 Å². The van der Waals surface area contributed by atoms with E-state index < -0.39 is 0 Å². The second-order valence-electron chi connectivity index (χ2n) is 8.63. The van der Waals surface area contributed by atoms with Crippen LogP contribution in [0.15, 0.2) is 48.4 Å². The summed E-state index contributed by atoms with van der Waals surface area (Å²) in [5.41, 5.74) is 7.42. The molecule has 0 amide bonds. The Kier molecular flexibility index (Phi) is 5.23. The van der Waals surface area contributed by atoms with Gasteiger partial charge in [-0.1, -0.05) is 6.07 Å². The first-order valence-electron chi connectivity index (χ1n) is 11.6. The zero-order valence-corrected chi connectivity index (χ0v) is 19.9. The molecule has 3 heterocycles. The second-order valence-corrected chi connectivity index (χ2v) is 8.63. The summed E-state index contributed by atoms with van der Waals surface area (Å²) in [4.78, 5) is 14.8. The van der Waals surface area contributed by atoms with Crippen LogP contribution in [0.4, 0.5) is 5.69 Å². The Balaban J connectivity index is 1.56. The van der Waals surface area contributed by atoms with Crippen molar-refractivity contribution in [2.24, 2.45) is 7.05 Å². The molecule has 0 fully saturated rings. The van der Waals surface area contributed by atoms with E-state index >= 15 is 0 Å². The average molecular weight is 445 g/mol. The van der Waals surface area contributed by atoms with Gasteiger partial charge in [0.2, 0.25) is 5.88 Å². The predicted octanol–water partition coefficient (Wildman–Crippen LogP) is 4.81. The summed E-state index contributed by atoms with van der Waals surface area (Å²) < 4.78 is 15.9. The highest BCUT2D eigenvalue weighted by molar-refractivity contribution is 6.01. The van der Waals surface area contributed by atoms with E-state index in [-0.39, 0.29) is 5.97 Å². The van der Waals surface area contributed by atoms with Crippen LogP contribution in [0.1, 0.15) is 47.6 Å². The monoisotopic (exact) mass is 444 g/mol. The van der Waals surface area contributed by atoms with Crippen LogP contribution in [0.3, 0.4) is 0 Å². The molecule has 170 valence electrons. The van der Waals surface area contributed by atoms with Gasteiger partial charge in [0.15, 0.2) is 16.8 Å². The molecular formula is C27H30N3O3+. The lowest BCUT2D eigenvalue weighted by Crippen LogP contribution is -2.33. The zero-order chi connectivity index (χ0) is 23.3. The van der Waals surface area contributed by atoms with Crippen molar-refractivity contribution in [3.8, 4) is 5.75 Å². The summed E-state index contributed by atoms with van der Waals surface area (Å²) in [5.74, 6) is 2.60. The van der Waals surface area contributed by atoms with Gasteiger partial charge in [0.05, 0.1) is 25.9 Å². The van der Waals surface area contributed by atoms with E-state index in [0.717, 1.165) is 53.7 Å². The maximum absolute atomic E-state index is 12.6. The van der Waals surface area contributed by atoms with Gasteiger partial charge in [-0.05, 0) is 75.2 Å². The van der Waals surface area contributed by atoms with Gasteiger partial charge in [0, 0.05) is 18.5 Å². The summed E-state index contributed by atoms with van der Waals surface area (Å²) >= 11 is 0. The molecule has 6 heteroatoms. The van der Waals surface area contributed by atoms with Gasteiger partial charge < -0.3 is 14.4 Å². The molecule has 2 aliphatic rings. The first-order valence-corrected chi connectivity index (χ1v) is 11.6. The lowest BCUT2D eigenvalue weighted by Gasteiger charge is -2.15. The number of allylic oxidation sites excluding steroid dienone is 3. The van der Waals surface area contributed by atoms with E-state index in [1.165, 1.54) is 16.7 Å². The molecule has 0 aliphatic carbocycles. The minimum absolute atomic E-state index is 0.273. The maximum atomic E-state index is 12.6. The Bertz CT molecular complexity index is 1350. The number of hydrogen-bond donors (Lipinski definition) is 0. The molecule has 0 N–H and O–H groups in total. The number of anilines is 1. The van der Waals surface area contributed by atoms with E-state index in [1.54, 1.807) is 0 Å². The molecule has 1 aromatic heterocycles. The van der Waals surface area contributed by atoms with Crippen LogP contribution in [0.25, 0.3) is 16.6 Å². The number of hydrogen-bond acceptors (Lipinski definition) is 4. The topological polar surface area (TPSA) is 47.6 Å². The molecule has 5 rings (SSSR count). The standard InChI is InChI=1S/C27H30N3O3/c1-6-29-22-15-17(3)18(4)16-23(22)33-24(29)12-11-19-13-14-30-25-20(27(31)32-7-2)9-8-10-21(25)28(5)26(19)30/h8-12,15-16H,6-7,13-14H2,1-5H3/q+1. The number of aromatic nitrogens is 2. The van der Waals surface area contributed by atoms with Crippen LogP contribution in [0.2, 0.25) is 0 Å². The summed E-state index contributed by atoms with van der Waals surface area (Å²) in [6.45, 7) is 10.2. The smallest absolute Gasteiger partial charge is 0.342 e. The van der Waals surface area contributed by atoms with Gasteiger partial charge in [-0.2, -0.15) is 0 Å². The highest BCUT2D eigenvalue weighted by atomic mass is 16.5. The van der Waals surface area contributed by atoms with Gasteiger partial charge in [0.1, 0.15) is 5.56 Å². The van der Waals surface area contributed by atoms with Crippen LogP contribution in [0.5, 0.6) is 5.75 Å². The van der Waals surface area contributed by atoms with Crippen molar-refractivity contribution < 1.29 is 18.8 Å². The number of para-hydroxylation sites is 1. The molecular weight excluding hydrogens is 414 g/mol. The number of ether oxygens (including phenoxy) is 2. The summed E-state index contributed by atoms with van der Waals surface area (Å²) in [6.07, 6.45) is 5.13. The normalized spacial score (nSPS) is 17.1. The summed E-state index contributed by atoms with van der Waals surface area (Å²) in [5, 5.41) is 0. The number of aryl methyl sites for hydroxylation is 4. The Hall–Kier alpha value is -3.54. The second kappa shape index (κ2) is 8.10. The molecule has 0 bridgehead atoms. The van der Waals surface area contributed by atoms with E-state index in [1.807, 2.05) is 19.1 Å². The number of nitrogens with zero attached hydrogens (tertiary/aromatic N) is 3. The number of carbonyl (C=O) groups excluding carboxylic acids is 1. The minimum Gasteiger partial charge on any atom is -0.462 e. The minimum atomic E-state index is -0.273. The van der Waals surface area contributed by atoms with E-state index in [9.17, 15) is 4.79 Å². The Morgan fingerprint density at radius 3 is 2.73 bits per heavy atom. The van der Waals surface area contributed by atoms with Crippen molar-refractivity contribution in [2.75, 3.05) is 18.1 Å². The van der Waals surface area contributed by atoms with E-state index in [4.69, 9.17) is 9.47 Å². The van der Waals surface area contributed by atoms with Gasteiger partial charge >= 0.3 is 5.97 Å². The van der Waals surface area contributed by atoms with E-state index in [2.05, 4.69) is 72.2 Å². The van der Waals surface area contributed by atoms with Crippen molar-refractivity contribution in [2.45, 2.75) is 40.7 Å². The maximum Gasteiger partial charge on any atom is 0.342 e. The SMILES string of the molecule is CCOC(=O)c1cccc2c1[n+]1c(n2C)C(=CC=C2Oc3cc(C)c(C)cc3N2CC)CC1. The van der Waals surface area contributed by atoms with Crippen molar-refractivity contribution in [1.29, 1.82) is 0 Å². The predicted molar refractivity (Wildman–Crippen MR) is 129 cm³/mol. The molecule has 0 saturated carbocycles. The van der Waals surface area contributed by atoms with Gasteiger partial charge in [-0.3, -0.25) is 0 Å². The third kappa shape index (κ3) is 3.32. The van der Waals surface area contributed by atoms with Gasteiger partial charge in [-0.15, -0.1) is 0 Å². The molecule has 2 aromatic carbocycles. The number of benzene rings is 2. The Morgan fingerprint density at radius 1 is 1.18 bits per heavy atom. The molecule has 0 radical (unpaired) electrons. The largest absolute Gasteiger partial charge is 0.462 e. The number of esters is 1. The van der Waals surface area contributed by atoms with Crippen molar-refractivity contribution in [3.05, 3.63) is 70.9 Å². The first kappa shape index (κ1) is 21.3. The van der Waals surface area contributed by atoms with Crippen molar-refractivity contribution in [3.63, 3.8) is 0 Å². The molecule has 6 nitrogen and oxygen atoms in total. The summed E-state index contributed by atoms with van der Waals surface area (Å²) in [6, 6.07) is 10.1. The van der Waals surface area contributed by atoms with Gasteiger partial charge in [0.25, 0.3) is 5.82 Å². The fourth-order valence-electron chi connectivity index (χ4n) is 4.94. The average Bonchev–Trinajstić information content (AvgIpc) is 3.45. The number of rotatable bonds is 4. The lowest BCUT2D eigenvalue weighted by atomic mass is 10.1. The van der Waals surface area contributed by atoms with Gasteiger partial charge in [-0.25, -0.2) is 13.9 Å². The molecule has 0 spiro atoms. The third-order valence-corrected chi connectivity index (χ3v) is 6.70. The van der Waals surface area contributed by atoms with Crippen molar-refractivity contribution >= 4 is 28.3 Å². The summed E-state index contributed by atoms with van der Waals surface area (Å²) in [7, 11) is 2.06. The Morgan fingerprint density at radius 2 is 1.97 bits per heavy atom. The number of imidazole rings is 1. The molecule has 2 aliphatic heterocycles. The van der Waals surface area contributed by atoms with Crippen LogP contribution in [-0.2, 0) is 18.3 Å². The quantitative estimate of drug-likeness (QED) is 0.428. The first-order chi connectivity index (χ1) is 15.9. The van der Waals surface area contributed by atoms with Crippen LogP contribution >= 0.6 is 0 Å². The van der Waals surface area contributed by atoms with Crippen LogP contribution in [0, 0.1) is 13.8 Å². The van der Waals surface area contributed by atoms with Crippen LogP contribution < -0.4 is 14.2 Å². The highest BCUT2D eigenvalue weighted by Crippen LogP contribution is 2.41. The fourth-order valence-corrected chi connectivity index (χ4v) is 4.94. The fraction of sp³-hybridized carbons (Fsp3) is 0.333. The van der Waals surface area contributed by atoms with Crippen LogP contribution in [-0.4, -0.2) is 23.7 Å². The number of carbonyl (C=O) groups is 1. The van der Waals surface area contributed by atoms with E-state index in [0.29, 0.717) is 12.2 Å². The molecule has 0 atom stereocenters. The molecule has 3 aromatic rings.